The van der Waals surface area contributed by atoms with Crippen LogP contribution in [0.5, 0.6) is 5.75 Å². The molecule has 0 saturated carbocycles. The number of benzene rings is 3. The molecule has 1 aromatic heterocycles. The summed E-state index contributed by atoms with van der Waals surface area (Å²) >= 11 is 0. The van der Waals surface area contributed by atoms with Gasteiger partial charge in [-0.05, 0) is 47.2 Å². The number of nitrogens with zero attached hydrogens (tertiary/aromatic N) is 2. The largest absolute Gasteiger partial charge is 0.497 e. The van der Waals surface area contributed by atoms with Crippen LogP contribution in [0.15, 0.2) is 85.1 Å². The van der Waals surface area contributed by atoms with Crippen LogP contribution in [0.25, 0.3) is 0 Å². The van der Waals surface area contributed by atoms with Gasteiger partial charge in [0.05, 0.1) is 19.3 Å². The van der Waals surface area contributed by atoms with Crippen molar-refractivity contribution in [3.8, 4) is 5.75 Å². The lowest BCUT2D eigenvalue weighted by Gasteiger charge is -2.34. The van der Waals surface area contributed by atoms with Crippen molar-refractivity contribution in [2.45, 2.75) is 44.1 Å². The highest BCUT2D eigenvalue weighted by molar-refractivity contribution is 5.98. The molecule has 1 aliphatic heterocycles. The zero-order valence-electron chi connectivity index (χ0n) is 21.4. The molecule has 1 amide bonds. The van der Waals surface area contributed by atoms with E-state index in [9.17, 15) is 18.0 Å². The minimum Gasteiger partial charge on any atom is -0.497 e. The maximum atomic E-state index is 14.0. The Morgan fingerprint density at radius 2 is 1.62 bits per heavy atom. The summed E-state index contributed by atoms with van der Waals surface area (Å²) in [6.45, 7) is 0.243. The van der Waals surface area contributed by atoms with Crippen LogP contribution in [0.4, 0.5) is 19.0 Å². The third-order valence-corrected chi connectivity index (χ3v) is 7.02. The first-order valence-electron chi connectivity index (χ1n) is 12.8. The molecule has 0 radical (unpaired) electrons. The Kier molecular flexibility index (Phi) is 7.58. The number of ether oxygens (including phenoxy) is 1. The van der Waals surface area contributed by atoms with Crippen LogP contribution >= 0.6 is 0 Å². The molecular formula is C30H29F3N4O2. The lowest BCUT2D eigenvalue weighted by Crippen LogP contribution is -2.36. The smallest absolute Gasteiger partial charge is 0.410 e. The van der Waals surface area contributed by atoms with Crippen molar-refractivity contribution in [3.05, 3.63) is 113 Å². The van der Waals surface area contributed by atoms with Crippen molar-refractivity contribution in [2.24, 2.45) is 0 Å². The molecule has 4 aromatic rings. The second kappa shape index (κ2) is 11.2. The summed E-state index contributed by atoms with van der Waals surface area (Å²) in [5.41, 5.74) is 4.09. The van der Waals surface area contributed by atoms with Crippen molar-refractivity contribution >= 4 is 11.7 Å². The highest BCUT2D eigenvalue weighted by atomic mass is 19.4. The Morgan fingerprint density at radius 3 is 2.26 bits per heavy atom. The van der Waals surface area contributed by atoms with E-state index in [4.69, 9.17) is 4.74 Å². The van der Waals surface area contributed by atoms with Gasteiger partial charge in [0.15, 0.2) is 6.04 Å². The van der Waals surface area contributed by atoms with E-state index in [1.165, 1.54) is 24.4 Å². The average Bonchev–Trinajstić information content (AvgIpc) is 3.39. The number of alkyl halides is 3. The average molecular weight is 535 g/mol. The van der Waals surface area contributed by atoms with Crippen molar-refractivity contribution in [3.63, 3.8) is 0 Å². The minimum atomic E-state index is -4.52. The van der Waals surface area contributed by atoms with Gasteiger partial charge in [0.25, 0.3) is 5.91 Å². The fourth-order valence-electron chi connectivity index (χ4n) is 4.82. The number of rotatable bonds is 8. The summed E-state index contributed by atoms with van der Waals surface area (Å²) in [6, 6.07) is 22.5. The van der Waals surface area contributed by atoms with E-state index in [2.05, 4.69) is 27.9 Å². The summed E-state index contributed by atoms with van der Waals surface area (Å²) < 4.78 is 48.0. The maximum Gasteiger partial charge on any atom is 0.410 e. The quantitative estimate of drug-likeness (QED) is 0.280. The summed E-state index contributed by atoms with van der Waals surface area (Å²) in [6.07, 6.45) is -1.74. The molecule has 39 heavy (non-hydrogen) atoms. The van der Waals surface area contributed by atoms with Gasteiger partial charge in [0.2, 0.25) is 0 Å². The fraction of sp³-hybridized carbons (Fsp3) is 0.267. The predicted molar refractivity (Wildman–Crippen MR) is 143 cm³/mol. The predicted octanol–water partition coefficient (Wildman–Crippen LogP) is 6.27. The number of hydrogen-bond acceptors (Lipinski definition) is 4. The third kappa shape index (κ3) is 6.08. The third-order valence-electron chi connectivity index (χ3n) is 7.02. The first-order chi connectivity index (χ1) is 18.8. The zero-order chi connectivity index (χ0) is 27.4. The van der Waals surface area contributed by atoms with Crippen molar-refractivity contribution in [1.29, 1.82) is 0 Å². The van der Waals surface area contributed by atoms with Gasteiger partial charge >= 0.3 is 6.18 Å². The molecule has 0 saturated heterocycles. The molecule has 202 valence electrons. The normalized spacial score (nSPS) is 16.7. The molecule has 6 nitrogen and oxygen atoms in total. The maximum absolute atomic E-state index is 14.0. The van der Waals surface area contributed by atoms with E-state index in [1.807, 2.05) is 42.5 Å². The van der Waals surface area contributed by atoms with Gasteiger partial charge in [-0.2, -0.15) is 18.3 Å². The van der Waals surface area contributed by atoms with Gasteiger partial charge in [0, 0.05) is 13.0 Å². The number of nitrogens with one attached hydrogen (secondary N) is 2. The van der Waals surface area contributed by atoms with Crippen LogP contribution in [0, 0.1) is 0 Å². The number of amides is 1. The Bertz CT molecular complexity index is 1400. The monoisotopic (exact) mass is 534 g/mol. The number of fused-ring (bicyclic) bond motifs is 1. The number of halogens is 3. The number of methoxy groups -OCH3 is 1. The van der Waals surface area contributed by atoms with Gasteiger partial charge in [-0.25, -0.2) is 4.68 Å². The van der Waals surface area contributed by atoms with Gasteiger partial charge in [-0.15, -0.1) is 0 Å². The van der Waals surface area contributed by atoms with E-state index < -0.39 is 24.2 Å². The summed E-state index contributed by atoms with van der Waals surface area (Å²) in [7, 11) is 1.53. The number of aromatic nitrogens is 2. The second-order valence-corrected chi connectivity index (χ2v) is 9.60. The molecule has 0 spiro atoms. The van der Waals surface area contributed by atoms with Crippen LogP contribution in [0.3, 0.4) is 0 Å². The number of carbonyl (C=O) groups excluding carboxylic acids is 1. The molecule has 2 N–H and O–H groups in total. The Balaban J connectivity index is 1.27. The fourth-order valence-corrected chi connectivity index (χ4v) is 4.82. The SMILES string of the molecule is COc1ccc(C2CC(C(F)(F)F)n3ncc(C(=O)NCc4ccc(CCc5ccccc5)cc4)c3N2)cc1. The zero-order valence-corrected chi connectivity index (χ0v) is 21.4. The molecule has 2 atom stereocenters. The first kappa shape index (κ1) is 26.3. The lowest BCUT2D eigenvalue weighted by molar-refractivity contribution is -0.173. The van der Waals surface area contributed by atoms with Gasteiger partial charge in [-0.1, -0.05) is 66.7 Å². The number of carbonyl (C=O) groups is 1. The summed E-state index contributed by atoms with van der Waals surface area (Å²) in [4.78, 5) is 13.1. The Morgan fingerprint density at radius 1 is 0.974 bits per heavy atom. The van der Waals surface area contributed by atoms with Crippen LogP contribution in [0.1, 0.15) is 51.1 Å². The van der Waals surface area contributed by atoms with Crippen LogP contribution in [0.2, 0.25) is 0 Å². The molecule has 2 heterocycles. The lowest BCUT2D eigenvalue weighted by atomic mass is 9.96. The molecule has 2 unspecified atom stereocenters. The number of aryl methyl sites for hydroxylation is 2. The highest BCUT2D eigenvalue weighted by Gasteiger charge is 2.47. The van der Waals surface area contributed by atoms with E-state index in [0.29, 0.717) is 11.3 Å². The minimum absolute atomic E-state index is 0.0538. The van der Waals surface area contributed by atoms with E-state index in [1.54, 1.807) is 24.3 Å². The standard InChI is InChI=1S/C30H29F3N4O2/c1-39-24-15-13-23(14-16-24)26-17-27(30(31,32)33)37-28(36-26)25(19-35-37)29(38)34-18-22-11-9-21(10-12-22)8-7-20-5-3-2-4-6-20/h2-6,9-16,19,26-27,36H,7-8,17-18H2,1H3,(H,34,38). The molecule has 5 rings (SSSR count). The molecule has 9 heteroatoms. The van der Waals surface area contributed by atoms with Crippen LogP contribution in [-0.2, 0) is 19.4 Å². The van der Waals surface area contributed by atoms with Gasteiger partial charge in [-0.3, -0.25) is 4.79 Å². The van der Waals surface area contributed by atoms with E-state index in [-0.39, 0.29) is 24.3 Å². The van der Waals surface area contributed by atoms with Crippen molar-refractivity contribution < 1.29 is 22.7 Å². The van der Waals surface area contributed by atoms with E-state index in [0.717, 1.165) is 23.1 Å². The number of anilines is 1. The molecule has 0 aliphatic carbocycles. The highest BCUT2D eigenvalue weighted by Crippen LogP contribution is 2.44. The first-order valence-corrected chi connectivity index (χ1v) is 12.8. The summed E-state index contributed by atoms with van der Waals surface area (Å²) in [5.74, 6) is 0.169. The Hall–Kier alpha value is -4.27. The molecule has 1 aliphatic rings. The molecule has 3 aromatic carbocycles. The van der Waals surface area contributed by atoms with Crippen LogP contribution < -0.4 is 15.4 Å². The Labute approximate surface area is 224 Å². The number of hydrogen-bond donors (Lipinski definition) is 2. The van der Waals surface area contributed by atoms with Gasteiger partial charge in [0.1, 0.15) is 17.1 Å². The van der Waals surface area contributed by atoms with Crippen molar-refractivity contribution in [2.75, 3.05) is 12.4 Å². The molecule has 0 bridgehead atoms. The summed E-state index contributed by atoms with van der Waals surface area (Å²) in [5, 5.41) is 9.88. The molecular weight excluding hydrogens is 505 g/mol. The van der Waals surface area contributed by atoms with E-state index >= 15 is 0 Å². The second-order valence-electron chi connectivity index (χ2n) is 9.60. The van der Waals surface area contributed by atoms with Crippen molar-refractivity contribution in [1.82, 2.24) is 15.1 Å². The van der Waals surface area contributed by atoms with Crippen LogP contribution in [-0.4, -0.2) is 29.0 Å². The van der Waals surface area contributed by atoms with Gasteiger partial charge < -0.3 is 15.4 Å². The topological polar surface area (TPSA) is 68.2 Å². The molecule has 0 fully saturated rings.